The van der Waals surface area contributed by atoms with Crippen LogP contribution in [0.2, 0.25) is 0 Å². The number of halogens is 2. The number of rotatable bonds is 3. The molecule has 1 aromatic carbocycles. The highest BCUT2D eigenvalue weighted by Crippen LogP contribution is 2.30. The molecule has 2 rings (SSSR count). The fourth-order valence-electron chi connectivity index (χ4n) is 2.79. The van der Waals surface area contributed by atoms with Crippen LogP contribution >= 0.6 is 0 Å². The first-order chi connectivity index (χ1) is 9.77. The van der Waals surface area contributed by atoms with Gasteiger partial charge in [-0.2, -0.15) is 4.31 Å². The van der Waals surface area contributed by atoms with Gasteiger partial charge in [-0.3, -0.25) is 0 Å². The molecule has 2 unspecified atom stereocenters. The molecule has 118 valence electrons. The Bertz CT molecular complexity index is 634. The van der Waals surface area contributed by atoms with Crippen molar-refractivity contribution in [2.75, 3.05) is 6.54 Å². The average Bonchev–Trinajstić information content (AvgIpc) is 2.40. The SMILES string of the molecule is CC1CCN(S(=O)(=O)c2cc(CN)cc(F)c2F)C(C)C1. The summed E-state index contributed by atoms with van der Waals surface area (Å²) in [7, 11) is -4.06. The molecule has 0 saturated carbocycles. The zero-order valence-corrected chi connectivity index (χ0v) is 13.0. The summed E-state index contributed by atoms with van der Waals surface area (Å²) in [5.41, 5.74) is 5.66. The van der Waals surface area contributed by atoms with Crippen LogP contribution in [0.4, 0.5) is 8.78 Å². The van der Waals surface area contributed by atoms with Crippen molar-refractivity contribution in [2.45, 2.75) is 44.2 Å². The molecule has 7 heteroatoms. The second-order valence-corrected chi connectivity index (χ2v) is 7.55. The summed E-state index contributed by atoms with van der Waals surface area (Å²) in [5, 5.41) is 0. The van der Waals surface area contributed by atoms with Crippen molar-refractivity contribution in [3.05, 3.63) is 29.3 Å². The highest BCUT2D eigenvalue weighted by molar-refractivity contribution is 7.89. The normalized spacial score (nSPS) is 24.2. The number of nitrogens with zero attached hydrogens (tertiary/aromatic N) is 1. The van der Waals surface area contributed by atoms with Crippen molar-refractivity contribution in [3.8, 4) is 0 Å². The van der Waals surface area contributed by atoms with Crippen molar-refractivity contribution in [2.24, 2.45) is 11.7 Å². The van der Waals surface area contributed by atoms with Gasteiger partial charge in [0.05, 0.1) is 0 Å². The van der Waals surface area contributed by atoms with Crippen LogP contribution in [0.1, 0.15) is 32.3 Å². The van der Waals surface area contributed by atoms with E-state index in [0.717, 1.165) is 12.1 Å². The lowest BCUT2D eigenvalue weighted by Gasteiger charge is -2.35. The first-order valence-corrected chi connectivity index (χ1v) is 8.41. The molecule has 2 atom stereocenters. The van der Waals surface area contributed by atoms with E-state index in [4.69, 9.17) is 5.73 Å². The fraction of sp³-hybridized carbons (Fsp3) is 0.571. The predicted octanol–water partition coefficient (Wildman–Crippen LogP) is 2.23. The third kappa shape index (κ3) is 3.09. The molecular formula is C14H20F2N2O2S. The summed E-state index contributed by atoms with van der Waals surface area (Å²) in [6.07, 6.45) is 1.42. The number of piperidine rings is 1. The van der Waals surface area contributed by atoms with Gasteiger partial charge in [0.25, 0.3) is 0 Å². The number of sulfonamides is 1. The van der Waals surface area contributed by atoms with Gasteiger partial charge in [-0.15, -0.1) is 0 Å². The zero-order valence-electron chi connectivity index (χ0n) is 12.1. The van der Waals surface area contributed by atoms with Gasteiger partial charge in [-0.1, -0.05) is 6.92 Å². The first kappa shape index (κ1) is 16.3. The molecule has 1 aliphatic rings. The van der Waals surface area contributed by atoms with Gasteiger partial charge in [0, 0.05) is 19.1 Å². The van der Waals surface area contributed by atoms with Crippen LogP contribution in [0, 0.1) is 17.6 Å². The average molecular weight is 318 g/mol. The molecule has 21 heavy (non-hydrogen) atoms. The molecular weight excluding hydrogens is 298 g/mol. The van der Waals surface area contributed by atoms with Gasteiger partial charge in [0.15, 0.2) is 11.6 Å². The van der Waals surface area contributed by atoms with Crippen molar-refractivity contribution in [1.82, 2.24) is 4.31 Å². The summed E-state index contributed by atoms with van der Waals surface area (Å²) in [5.74, 6) is -2.10. The molecule has 1 fully saturated rings. The lowest BCUT2D eigenvalue weighted by molar-refractivity contribution is 0.219. The minimum atomic E-state index is -4.06. The van der Waals surface area contributed by atoms with E-state index < -0.39 is 26.6 Å². The van der Waals surface area contributed by atoms with Crippen LogP contribution in [0.3, 0.4) is 0 Å². The molecule has 1 aliphatic heterocycles. The van der Waals surface area contributed by atoms with Crippen LogP contribution in [-0.4, -0.2) is 25.3 Å². The van der Waals surface area contributed by atoms with Crippen LogP contribution in [0.25, 0.3) is 0 Å². The molecule has 0 aliphatic carbocycles. The van der Waals surface area contributed by atoms with E-state index in [0.29, 0.717) is 25.3 Å². The molecule has 0 aromatic heterocycles. The van der Waals surface area contributed by atoms with Gasteiger partial charge in [0.1, 0.15) is 4.90 Å². The van der Waals surface area contributed by atoms with E-state index in [9.17, 15) is 17.2 Å². The maximum absolute atomic E-state index is 14.0. The number of benzene rings is 1. The highest BCUT2D eigenvalue weighted by atomic mass is 32.2. The molecule has 4 nitrogen and oxygen atoms in total. The molecule has 0 amide bonds. The van der Waals surface area contributed by atoms with Crippen LogP contribution in [0.15, 0.2) is 17.0 Å². The molecule has 0 radical (unpaired) electrons. The van der Waals surface area contributed by atoms with E-state index >= 15 is 0 Å². The van der Waals surface area contributed by atoms with E-state index in [1.807, 2.05) is 0 Å². The van der Waals surface area contributed by atoms with Gasteiger partial charge >= 0.3 is 0 Å². The molecule has 1 saturated heterocycles. The van der Waals surface area contributed by atoms with Crippen molar-refractivity contribution in [3.63, 3.8) is 0 Å². The number of nitrogens with two attached hydrogens (primary N) is 1. The monoisotopic (exact) mass is 318 g/mol. The summed E-state index contributed by atoms with van der Waals surface area (Å²) in [6.45, 7) is 4.11. The van der Waals surface area contributed by atoms with E-state index in [-0.39, 0.29) is 18.2 Å². The summed E-state index contributed by atoms with van der Waals surface area (Å²) < 4.78 is 54.0. The number of hydrogen-bond donors (Lipinski definition) is 1. The Morgan fingerprint density at radius 2 is 2.00 bits per heavy atom. The van der Waals surface area contributed by atoms with Gasteiger partial charge in [0.2, 0.25) is 10.0 Å². The molecule has 0 bridgehead atoms. The Morgan fingerprint density at radius 1 is 1.33 bits per heavy atom. The van der Waals surface area contributed by atoms with E-state index in [1.165, 1.54) is 4.31 Å². The van der Waals surface area contributed by atoms with Gasteiger partial charge < -0.3 is 5.73 Å². The summed E-state index contributed by atoms with van der Waals surface area (Å²) >= 11 is 0. The maximum Gasteiger partial charge on any atom is 0.246 e. The van der Waals surface area contributed by atoms with Crippen LogP contribution in [0.5, 0.6) is 0 Å². The van der Waals surface area contributed by atoms with Crippen LogP contribution in [-0.2, 0) is 16.6 Å². The maximum atomic E-state index is 14.0. The van der Waals surface area contributed by atoms with E-state index in [2.05, 4.69) is 6.92 Å². The van der Waals surface area contributed by atoms with Crippen molar-refractivity contribution < 1.29 is 17.2 Å². The second-order valence-electron chi connectivity index (χ2n) is 5.69. The molecule has 0 spiro atoms. The second kappa shape index (κ2) is 5.98. The van der Waals surface area contributed by atoms with Crippen molar-refractivity contribution in [1.29, 1.82) is 0 Å². The minimum absolute atomic E-state index is 0.0493. The topological polar surface area (TPSA) is 63.4 Å². The van der Waals surface area contributed by atoms with Gasteiger partial charge in [-0.25, -0.2) is 17.2 Å². The lowest BCUT2D eigenvalue weighted by Crippen LogP contribution is -2.44. The highest BCUT2D eigenvalue weighted by Gasteiger charge is 2.35. The fourth-order valence-corrected chi connectivity index (χ4v) is 4.57. The summed E-state index contributed by atoms with van der Waals surface area (Å²) in [4.78, 5) is -0.621. The smallest absolute Gasteiger partial charge is 0.246 e. The first-order valence-electron chi connectivity index (χ1n) is 6.97. The minimum Gasteiger partial charge on any atom is -0.326 e. The molecule has 1 heterocycles. The zero-order chi connectivity index (χ0) is 15.8. The van der Waals surface area contributed by atoms with Crippen molar-refractivity contribution >= 4 is 10.0 Å². The third-order valence-corrected chi connectivity index (χ3v) is 5.97. The Kier molecular flexibility index (Phi) is 4.65. The standard InChI is InChI=1S/C14H20F2N2O2S/c1-9-3-4-18(10(2)5-9)21(19,20)13-7-11(8-17)6-12(15)14(13)16/h6-7,9-10H,3-5,8,17H2,1-2H3. The molecule has 2 N–H and O–H groups in total. The predicted molar refractivity (Wildman–Crippen MR) is 76.0 cm³/mol. The Hall–Kier alpha value is -1.05. The quantitative estimate of drug-likeness (QED) is 0.929. The number of hydrogen-bond acceptors (Lipinski definition) is 3. The largest absolute Gasteiger partial charge is 0.326 e. The Morgan fingerprint density at radius 3 is 2.57 bits per heavy atom. The third-order valence-electron chi connectivity index (χ3n) is 3.95. The lowest BCUT2D eigenvalue weighted by atomic mass is 9.95. The summed E-state index contributed by atoms with van der Waals surface area (Å²) in [6, 6.07) is 1.82. The van der Waals surface area contributed by atoms with Crippen LogP contribution < -0.4 is 5.73 Å². The Balaban J connectivity index is 2.47. The van der Waals surface area contributed by atoms with Gasteiger partial charge in [-0.05, 0) is 43.4 Å². The Labute approximate surface area is 124 Å². The molecule has 1 aromatic rings. The van der Waals surface area contributed by atoms with E-state index in [1.54, 1.807) is 6.92 Å².